The van der Waals surface area contributed by atoms with Gasteiger partial charge in [0.1, 0.15) is 11.7 Å². The van der Waals surface area contributed by atoms with Crippen LogP contribution >= 0.6 is 0 Å². The molecule has 7 heteroatoms. The molecule has 6 nitrogen and oxygen atoms in total. The molecule has 2 aliphatic rings. The maximum atomic E-state index is 14.3. The molecule has 1 aliphatic carbocycles. The van der Waals surface area contributed by atoms with Crippen molar-refractivity contribution in [3.05, 3.63) is 53.6 Å². The highest BCUT2D eigenvalue weighted by Crippen LogP contribution is 2.29. The van der Waals surface area contributed by atoms with Gasteiger partial charge in [-0.2, -0.15) is 4.98 Å². The van der Waals surface area contributed by atoms with Gasteiger partial charge >= 0.3 is 0 Å². The number of aromatic nitrogens is 1. The number of carbonyl (C=O) groups is 1. The van der Waals surface area contributed by atoms with E-state index in [9.17, 15) is 9.18 Å². The third-order valence-electron chi connectivity index (χ3n) is 7.37. The van der Waals surface area contributed by atoms with Crippen LogP contribution in [0.25, 0.3) is 11.1 Å². The minimum absolute atomic E-state index is 0.0758. The number of halogens is 1. The molecular formula is C28H34FN3O3. The van der Waals surface area contributed by atoms with Gasteiger partial charge in [0.05, 0.1) is 31.7 Å². The van der Waals surface area contributed by atoms with E-state index in [-0.39, 0.29) is 31.0 Å². The summed E-state index contributed by atoms with van der Waals surface area (Å²) >= 11 is 0. The van der Waals surface area contributed by atoms with E-state index in [2.05, 4.69) is 17.2 Å². The molecule has 0 radical (unpaired) electrons. The van der Waals surface area contributed by atoms with Gasteiger partial charge in [0, 0.05) is 12.1 Å². The lowest BCUT2D eigenvalue weighted by atomic mass is 9.89. The number of para-hydroxylation sites is 1. The Balaban J connectivity index is 1.22. The van der Waals surface area contributed by atoms with E-state index in [4.69, 9.17) is 9.15 Å². The molecule has 5 rings (SSSR count). The third kappa shape index (κ3) is 5.67. The first-order chi connectivity index (χ1) is 16.9. The number of oxazole rings is 1. The average Bonchev–Trinajstić information content (AvgIpc) is 3.42. The number of nitrogens with one attached hydrogen (secondary N) is 1. The molecule has 0 spiro atoms. The molecular weight excluding hydrogens is 445 g/mol. The number of fused-ring (bicyclic) bond motifs is 1. The Bertz CT molecular complexity index is 1170. The topological polar surface area (TPSA) is 67.6 Å². The minimum atomic E-state index is -0.995. The van der Waals surface area contributed by atoms with Crippen molar-refractivity contribution in [1.29, 1.82) is 0 Å². The summed E-state index contributed by atoms with van der Waals surface area (Å²) < 4.78 is 26.3. The summed E-state index contributed by atoms with van der Waals surface area (Å²) in [5, 5.41) is 3.21. The van der Waals surface area contributed by atoms with Crippen LogP contribution in [0.5, 0.6) is 0 Å². The number of carbonyl (C=O) groups excluding carboxylic acids is 1. The van der Waals surface area contributed by atoms with E-state index in [1.54, 1.807) is 4.90 Å². The molecule has 1 aliphatic heterocycles. The number of alkyl halides is 1. The number of anilines is 2. The van der Waals surface area contributed by atoms with Gasteiger partial charge in [0.25, 0.3) is 6.01 Å². The molecule has 1 aromatic heterocycles. The van der Waals surface area contributed by atoms with Gasteiger partial charge in [-0.15, -0.1) is 0 Å². The normalized spacial score (nSPS) is 24.7. The SMILES string of the molecule is Cc1ccccc1Nc1nc2ccc(CC(=O)N3C[C@@H](F)CC3COC3CCC(C)CC3)cc2o1. The Labute approximate surface area is 205 Å². The molecule has 1 saturated heterocycles. The Morgan fingerprint density at radius 3 is 2.80 bits per heavy atom. The lowest BCUT2D eigenvalue weighted by Gasteiger charge is -2.30. The van der Waals surface area contributed by atoms with Crippen LogP contribution in [0.1, 0.15) is 50.2 Å². The van der Waals surface area contributed by atoms with Gasteiger partial charge in [-0.3, -0.25) is 4.79 Å². The quantitative estimate of drug-likeness (QED) is 0.453. The number of hydrogen-bond acceptors (Lipinski definition) is 5. The summed E-state index contributed by atoms with van der Waals surface area (Å²) in [7, 11) is 0. The molecule has 186 valence electrons. The van der Waals surface area contributed by atoms with Crippen molar-refractivity contribution in [1.82, 2.24) is 9.88 Å². The Morgan fingerprint density at radius 1 is 1.20 bits per heavy atom. The number of rotatable bonds is 7. The Hall–Kier alpha value is -2.93. The molecule has 2 fully saturated rings. The predicted molar refractivity (Wildman–Crippen MR) is 135 cm³/mol. The maximum Gasteiger partial charge on any atom is 0.300 e. The first kappa shape index (κ1) is 23.8. The predicted octanol–water partition coefficient (Wildman–Crippen LogP) is 5.96. The minimum Gasteiger partial charge on any atom is -0.423 e. The van der Waals surface area contributed by atoms with Crippen molar-refractivity contribution in [3.63, 3.8) is 0 Å². The van der Waals surface area contributed by atoms with E-state index in [1.165, 1.54) is 12.8 Å². The Morgan fingerprint density at radius 2 is 2.00 bits per heavy atom. The summed E-state index contributed by atoms with van der Waals surface area (Å²) in [5.74, 6) is 0.679. The van der Waals surface area contributed by atoms with Crippen molar-refractivity contribution in [2.24, 2.45) is 5.92 Å². The van der Waals surface area contributed by atoms with E-state index in [1.807, 2.05) is 49.4 Å². The standard InChI is InChI=1S/C28H34FN3O3/c1-18-7-10-23(11-8-18)34-17-22-15-21(29)16-32(22)27(33)14-20-9-12-25-26(13-20)35-28(31-25)30-24-6-4-3-5-19(24)2/h3-6,9,12-13,18,21-23H,7-8,10-11,14-17H2,1-2H3,(H,30,31)/t18?,21-,22?,23?/m0/s1. The van der Waals surface area contributed by atoms with Crippen LogP contribution < -0.4 is 5.32 Å². The van der Waals surface area contributed by atoms with Crippen LogP contribution in [0.2, 0.25) is 0 Å². The second-order valence-corrected chi connectivity index (χ2v) is 10.2. The van der Waals surface area contributed by atoms with Crippen LogP contribution in [0.15, 0.2) is 46.9 Å². The van der Waals surface area contributed by atoms with Crippen LogP contribution in [0.4, 0.5) is 16.1 Å². The fourth-order valence-electron chi connectivity index (χ4n) is 5.20. The van der Waals surface area contributed by atoms with Crippen molar-refractivity contribution in [2.45, 2.75) is 70.7 Å². The van der Waals surface area contributed by atoms with E-state index in [0.717, 1.165) is 41.1 Å². The van der Waals surface area contributed by atoms with Crippen molar-refractivity contribution >= 4 is 28.7 Å². The smallest absolute Gasteiger partial charge is 0.300 e. The summed E-state index contributed by atoms with van der Waals surface area (Å²) in [6, 6.07) is 13.7. The molecule has 2 heterocycles. The zero-order chi connectivity index (χ0) is 24.4. The van der Waals surface area contributed by atoms with Gasteiger partial charge < -0.3 is 19.4 Å². The van der Waals surface area contributed by atoms with Gasteiger partial charge in [-0.1, -0.05) is 31.2 Å². The number of ether oxygens (including phenoxy) is 1. The van der Waals surface area contributed by atoms with Crippen molar-refractivity contribution < 1.29 is 18.3 Å². The fourth-order valence-corrected chi connectivity index (χ4v) is 5.20. The molecule has 1 saturated carbocycles. The molecule has 3 aromatic rings. The highest BCUT2D eigenvalue weighted by atomic mass is 19.1. The van der Waals surface area contributed by atoms with Crippen LogP contribution in [0, 0.1) is 12.8 Å². The van der Waals surface area contributed by atoms with Crippen LogP contribution in [-0.2, 0) is 16.0 Å². The van der Waals surface area contributed by atoms with Crippen molar-refractivity contribution in [2.75, 3.05) is 18.5 Å². The average molecular weight is 480 g/mol. The number of hydrogen-bond donors (Lipinski definition) is 1. The second kappa shape index (κ2) is 10.4. The van der Waals surface area contributed by atoms with E-state index in [0.29, 0.717) is 24.6 Å². The lowest BCUT2D eigenvalue weighted by molar-refractivity contribution is -0.133. The summed E-state index contributed by atoms with van der Waals surface area (Å²) in [6.45, 7) is 4.85. The second-order valence-electron chi connectivity index (χ2n) is 10.2. The van der Waals surface area contributed by atoms with Gasteiger partial charge in [0.15, 0.2) is 5.58 Å². The van der Waals surface area contributed by atoms with Crippen molar-refractivity contribution in [3.8, 4) is 0 Å². The molecule has 1 unspecified atom stereocenters. The highest BCUT2D eigenvalue weighted by molar-refractivity contribution is 5.82. The first-order valence-electron chi connectivity index (χ1n) is 12.7. The number of likely N-dealkylation sites (tertiary alicyclic amines) is 1. The van der Waals surface area contributed by atoms with E-state index < -0.39 is 6.17 Å². The van der Waals surface area contributed by atoms with Gasteiger partial charge in [0.2, 0.25) is 5.91 Å². The lowest BCUT2D eigenvalue weighted by Crippen LogP contribution is -2.40. The molecule has 1 amide bonds. The number of nitrogens with zero attached hydrogens (tertiary/aromatic N) is 2. The molecule has 1 N–H and O–H groups in total. The van der Waals surface area contributed by atoms with Gasteiger partial charge in [-0.25, -0.2) is 4.39 Å². The molecule has 2 aromatic carbocycles. The Kier molecular flexibility index (Phi) is 7.04. The highest BCUT2D eigenvalue weighted by Gasteiger charge is 2.36. The summed E-state index contributed by atoms with van der Waals surface area (Å²) in [6.07, 6.45) is 4.25. The molecule has 35 heavy (non-hydrogen) atoms. The summed E-state index contributed by atoms with van der Waals surface area (Å²) in [5.41, 5.74) is 4.18. The monoisotopic (exact) mass is 479 g/mol. The largest absolute Gasteiger partial charge is 0.423 e. The number of benzene rings is 2. The molecule has 2 atom stereocenters. The van der Waals surface area contributed by atoms with Gasteiger partial charge in [-0.05, 0) is 67.9 Å². The summed E-state index contributed by atoms with van der Waals surface area (Å²) in [4.78, 5) is 19.3. The maximum absolute atomic E-state index is 14.3. The van der Waals surface area contributed by atoms with E-state index >= 15 is 0 Å². The van der Waals surface area contributed by atoms with Crippen LogP contribution in [-0.4, -0.2) is 47.3 Å². The third-order valence-corrected chi connectivity index (χ3v) is 7.37. The fraction of sp³-hybridized carbons (Fsp3) is 0.500. The van der Waals surface area contributed by atoms with Crippen LogP contribution in [0.3, 0.4) is 0 Å². The zero-order valence-corrected chi connectivity index (χ0v) is 20.5. The zero-order valence-electron chi connectivity index (χ0n) is 20.5. The number of aryl methyl sites for hydroxylation is 1. The molecule has 0 bridgehead atoms. The number of amides is 1. The first-order valence-corrected chi connectivity index (χ1v) is 12.7.